The van der Waals surface area contributed by atoms with Crippen LogP contribution in [0.3, 0.4) is 0 Å². The highest BCUT2D eigenvalue weighted by atomic mass is 16.5. The van der Waals surface area contributed by atoms with Gasteiger partial charge in [-0.15, -0.1) is 0 Å². The number of anilines is 1. The molecule has 26 heavy (non-hydrogen) atoms. The number of methoxy groups -OCH3 is 1. The summed E-state index contributed by atoms with van der Waals surface area (Å²) in [6.07, 6.45) is 7.68. The van der Waals surface area contributed by atoms with Crippen LogP contribution in [0.4, 0.5) is 5.82 Å². The van der Waals surface area contributed by atoms with Crippen molar-refractivity contribution >= 4 is 16.9 Å². The second-order valence-corrected chi connectivity index (χ2v) is 7.12. The number of aryl methyl sites for hydroxylation is 1. The largest absolute Gasteiger partial charge is 0.380 e. The Labute approximate surface area is 153 Å². The molecule has 4 rings (SSSR count). The summed E-state index contributed by atoms with van der Waals surface area (Å²) in [7, 11) is 1.79. The summed E-state index contributed by atoms with van der Waals surface area (Å²) < 4.78 is 7.46. The van der Waals surface area contributed by atoms with Gasteiger partial charge < -0.3 is 14.5 Å². The second-order valence-electron chi connectivity index (χ2n) is 7.12. The summed E-state index contributed by atoms with van der Waals surface area (Å²) >= 11 is 0. The van der Waals surface area contributed by atoms with Crippen LogP contribution in [0, 0.1) is 11.3 Å². The highest BCUT2D eigenvalue weighted by molar-refractivity contribution is 5.87. The molecule has 0 aliphatic carbocycles. The van der Waals surface area contributed by atoms with Crippen LogP contribution < -0.4 is 4.90 Å². The summed E-state index contributed by atoms with van der Waals surface area (Å²) in [5, 5.41) is 14.2. The normalized spacial score (nSPS) is 23.8. The van der Waals surface area contributed by atoms with Crippen LogP contribution in [-0.2, 0) is 11.3 Å². The molecule has 0 aromatic carbocycles. The number of rotatable bonds is 6. The van der Waals surface area contributed by atoms with E-state index in [9.17, 15) is 0 Å². The van der Waals surface area contributed by atoms with Crippen molar-refractivity contribution < 1.29 is 4.74 Å². The van der Waals surface area contributed by atoms with Crippen molar-refractivity contribution in [1.82, 2.24) is 24.6 Å². The van der Waals surface area contributed by atoms with Gasteiger partial charge in [0.15, 0.2) is 5.65 Å². The molecule has 2 aromatic heterocycles. The van der Waals surface area contributed by atoms with Gasteiger partial charge in [-0.05, 0) is 32.4 Å². The lowest BCUT2D eigenvalue weighted by Crippen LogP contribution is -2.39. The second kappa shape index (κ2) is 7.56. The van der Waals surface area contributed by atoms with Gasteiger partial charge in [0.25, 0.3) is 0 Å². The number of likely N-dealkylation sites (tertiary alicyclic amines) is 1. The number of hydrogen-bond acceptors (Lipinski definition) is 7. The van der Waals surface area contributed by atoms with Crippen molar-refractivity contribution in [3.63, 3.8) is 0 Å². The third kappa shape index (κ3) is 3.24. The minimum absolute atomic E-state index is 0.223. The Morgan fingerprint density at radius 1 is 1.31 bits per heavy atom. The number of nitrogens with zero attached hydrogens (tertiary/aromatic N) is 7. The molecule has 138 valence electrons. The van der Waals surface area contributed by atoms with Crippen LogP contribution in [0.15, 0.2) is 12.5 Å². The van der Waals surface area contributed by atoms with Crippen molar-refractivity contribution in [2.75, 3.05) is 38.2 Å². The van der Waals surface area contributed by atoms with Crippen LogP contribution in [0.1, 0.15) is 25.7 Å². The molecule has 2 aliphatic rings. The molecule has 0 radical (unpaired) electrons. The monoisotopic (exact) mass is 355 g/mol. The van der Waals surface area contributed by atoms with E-state index in [4.69, 9.17) is 10.00 Å². The fourth-order valence-corrected chi connectivity index (χ4v) is 4.17. The fraction of sp³-hybridized carbons (Fsp3) is 0.667. The van der Waals surface area contributed by atoms with E-state index in [1.54, 1.807) is 18.1 Å². The maximum atomic E-state index is 8.84. The first-order valence-electron chi connectivity index (χ1n) is 9.35. The van der Waals surface area contributed by atoms with Gasteiger partial charge in [-0.25, -0.2) is 14.6 Å². The molecule has 8 heteroatoms. The molecule has 2 aliphatic heterocycles. The first-order valence-corrected chi connectivity index (χ1v) is 9.35. The van der Waals surface area contributed by atoms with Gasteiger partial charge in [0.2, 0.25) is 0 Å². The van der Waals surface area contributed by atoms with E-state index in [-0.39, 0.29) is 6.10 Å². The molecule has 0 saturated carbocycles. The van der Waals surface area contributed by atoms with Gasteiger partial charge >= 0.3 is 0 Å². The summed E-state index contributed by atoms with van der Waals surface area (Å²) in [6, 6.07) is 2.55. The average molecular weight is 355 g/mol. The molecular weight excluding hydrogens is 330 g/mol. The Morgan fingerprint density at radius 2 is 2.15 bits per heavy atom. The van der Waals surface area contributed by atoms with Crippen molar-refractivity contribution in [1.29, 1.82) is 5.26 Å². The number of fused-ring (bicyclic) bond motifs is 1. The van der Waals surface area contributed by atoms with E-state index in [1.165, 1.54) is 25.9 Å². The molecule has 4 heterocycles. The Hall–Kier alpha value is -2.24. The zero-order valence-electron chi connectivity index (χ0n) is 15.2. The van der Waals surface area contributed by atoms with Crippen molar-refractivity contribution in [2.45, 2.75) is 44.4 Å². The van der Waals surface area contributed by atoms with Crippen LogP contribution >= 0.6 is 0 Å². The Bertz CT molecular complexity index is 792. The van der Waals surface area contributed by atoms with Gasteiger partial charge in [-0.2, -0.15) is 10.4 Å². The zero-order valence-corrected chi connectivity index (χ0v) is 15.2. The molecule has 2 fully saturated rings. The van der Waals surface area contributed by atoms with Crippen LogP contribution in [-0.4, -0.2) is 70.1 Å². The van der Waals surface area contributed by atoms with Crippen LogP contribution in [0.25, 0.3) is 11.0 Å². The van der Waals surface area contributed by atoms with E-state index < -0.39 is 0 Å². The zero-order chi connectivity index (χ0) is 17.9. The lowest BCUT2D eigenvalue weighted by molar-refractivity contribution is 0.116. The van der Waals surface area contributed by atoms with E-state index in [1.807, 2.05) is 6.20 Å². The van der Waals surface area contributed by atoms with Crippen LogP contribution in [0.2, 0.25) is 0 Å². The van der Waals surface area contributed by atoms with Gasteiger partial charge in [-0.3, -0.25) is 0 Å². The maximum absolute atomic E-state index is 8.84. The maximum Gasteiger partial charge on any atom is 0.163 e. The summed E-state index contributed by atoms with van der Waals surface area (Å²) in [4.78, 5) is 13.9. The fourth-order valence-electron chi connectivity index (χ4n) is 4.17. The van der Waals surface area contributed by atoms with E-state index in [0.717, 1.165) is 36.4 Å². The number of nitriles is 1. The molecule has 0 N–H and O–H groups in total. The van der Waals surface area contributed by atoms with E-state index in [2.05, 4.69) is 30.9 Å². The van der Waals surface area contributed by atoms with E-state index in [0.29, 0.717) is 19.0 Å². The number of hydrogen-bond donors (Lipinski definition) is 0. The average Bonchev–Trinajstić information content (AvgIpc) is 3.40. The molecule has 2 saturated heterocycles. The van der Waals surface area contributed by atoms with E-state index >= 15 is 0 Å². The minimum atomic E-state index is 0.223. The van der Waals surface area contributed by atoms with Crippen molar-refractivity contribution in [3.8, 4) is 6.07 Å². The molecule has 2 atom stereocenters. The standard InChI is InChI=1S/C18H25N7O/c1-26-15-9-14(11-23-6-2-3-7-23)24(12-15)17-16-10-22-25(8-4-5-19)18(16)21-13-20-17/h10,13-15H,2-4,6-9,11-12H2,1H3/t14-,15-/m0/s1. The highest BCUT2D eigenvalue weighted by Gasteiger charge is 2.35. The summed E-state index contributed by atoms with van der Waals surface area (Å²) in [5.41, 5.74) is 0.797. The van der Waals surface area contributed by atoms with Gasteiger partial charge in [-0.1, -0.05) is 0 Å². The number of aromatic nitrogens is 4. The SMILES string of the molecule is CO[C@H]1C[C@@H](CN2CCCC2)N(c2ncnc3c2cnn3CCC#N)C1. The van der Waals surface area contributed by atoms with Crippen molar-refractivity contribution in [2.24, 2.45) is 0 Å². The van der Waals surface area contributed by atoms with Crippen molar-refractivity contribution in [3.05, 3.63) is 12.5 Å². The predicted molar refractivity (Wildman–Crippen MR) is 97.8 cm³/mol. The van der Waals surface area contributed by atoms with Crippen LogP contribution in [0.5, 0.6) is 0 Å². The summed E-state index contributed by atoms with van der Waals surface area (Å²) in [6.45, 7) is 4.81. The smallest absolute Gasteiger partial charge is 0.163 e. The van der Waals surface area contributed by atoms with Gasteiger partial charge in [0.05, 0.1) is 36.7 Å². The molecule has 0 spiro atoms. The third-order valence-corrected chi connectivity index (χ3v) is 5.50. The molecule has 0 amide bonds. The summed E-state index contributed by atoms with van der Waals surface area (Å²) in [5.74, 6) is 0.932. The topological polar surface area (TPSA) is 83.1 Å². The van der Waals surface area contributed by atoms with Gasteiger partial charge in [0.1, 0.15) is 12.1 Å². The molecule has 0 unspecified atom stereocenters. The Balaban J connectivity index is 1.63. The first-order chi connectivity index (χ1) is 12.8. The minimum Gasteiger partial charge on any atom is -0.380 e. The first kappa shape index (κ1) is 17.2. The third-order valence-electron chi connectivity index (χ3n) is 5.50. The molecule has 2 aromatic rings. The lowest BCUT2D eigenvalue weighted by atomic mass is 10.2. The quantitative estimate of drug-likeness (QED) is 0.775. The highest BCUT2D eigenvalue weighted by Crippen LogP contribution is 2.31. The van der Waals surface area contributed by atoms with Gasteiger partial charge in [0, 0.05) is 26.2 Å². The molecule has 0 bridgehead atoms. The Kier molecular flexibility index (Phi) is 5.00. The lowest BCUT2D eigenvalue weighted by Gasteiger charge is -2.29. The molecular formula is C18H25N7O. The number of ether oxygens (including phenoxy) is 1. The molecule has 8 nitrogen and oxygen atoms in total. The Morgan fingerprint density at radius 3 is 2.92 bits per heavy atom. The predicted octanol–water partition coefficient (Wildman–Crippen LogP) is 1.43.